The molecule has 0 radical (unpaired) electrons. The SMILES string of the molecule is CC1(C)c2ccccc2-c2ccc(N(c3ccc4c(oc5ccccc54)c3C3(C)c4ccccc4-c4ccccc43)c3cccc4c3sc3ccccc34)cc21. The van der Waals surface area contributed by atoms with Gasteiger partial charge in [0.15, 0.2) is 0 Å². The van der Waals surface area contributed by atoms with Crippen molar-refractivity contribution >= 4 is 70.5 Å². The molecule has 2 heterocycles. The summed E-state index contributed by atoms with van der Waals surface area (Å²) in [6.07, 6.45) is 0. The van der Waals surface area contributed by atoms with Gasteiger partial charge in [0.1, 0.15) is 11.2 Å². The van der Waals surface area contributed by atoms with E-state index in [1.807, 2.05) is 11.3 Å². The molecule has 3 heteroatoms. The summed E-state index contributed by atoms with van der Waals surface area (Å²) in [7, 11) is 0. The van der Waals surface area contributed by atoms with E-state index in [2.05, 4.69) is 196 Å². The van der Waals surface area contributed by atoms with E-state index in [9.17, 15) is 0 Å². The van der Waals surface area contributed by atoms with Crippen molar-refractivity contribution < 1.29 is 4.42 Å². The van der Waals surface area contributed by atoms with E-state index in [4.69, 9.17) is 4.42 Å². The summed E-state index contributed by atoms with van der Waals surface area (Å²) in [5, 5.41) is 4.83. The maximum atomic E-state index is 7.11. The van der Waals surface area contributed by atoms with Crippen molar-refractivity contribution in [2.24, 2.45) is 0 Å². The molecule has 0 unspecified atom stereocenters. The Bertz CT molecular complexity index is 3220. The molecule has 10 aromatic rings. The molecule has 2 aromatic heterocycles. The van der Waals surface area contributed by atoms with Crippen LogP contribution in [0.1, 0.15) is 48.6 Å². The first-order valence-corrected chi connectivity index (χ1v) is 20.3. The van der Waals surface area contributed by atoms with Gasteiger partial charge in [-0.2, -0.15) is 0 Å². The van der Waals surface area contributed by atoms with Gasteiger partial charge in [-0.25, -0.2) is 0 Å². The van der Waals surface area contributed by atoms with Gasteiger partial charge in [-0.1, -0.05) is 141 Å². The molecule has 2 aliphatic rings. The Morgan fingerprint density at radius 2 is 1.07 bits per heavy atom. The van der Waals surface area contributed by atoms with Crippen molar-refractivity contribution in [2.45, 2.75) is 31.6 Å². The van der Waals surface area contributed by atoms with Gasteiger partial charge in [0, 0.05) is 48.3 Å². The summed E-state index contributed by atoms with van der Waals surface area (Å²) in [5.41, 5.74) is 16.2. The molecule has 0 N–H and O–H groups in total. The van der Waals surface area contributed by atoms with Gasteiger partial charge in [-0.05, 0) is 93.9 Å². The van der Waals surface area contributed by atoms with E-state index in [0.717, 1.165) is 39.0 Å². The first-order valence-electron chi connectivity index (χ1n) is 19.5. The first kappa shape index (κ1) is 31.9. The molecule has 0 atom stereocenters. The summed E-state index contributed by atoms with van der Waals surface area (Å²) in [5.74, 6) is 0. The Morgan fingerprint density at radius 1 is 0.464 bits per heavy atom. The average molecular weight is 736 g/mol. The predicted octanol–water partition coefficient (Wildman–Crippen LogP) is 15.1. The molecule has 0 saturated heterocycles. The summed E-state index contributed by atoms with van der Waals surface area (Å²) in [4.78, 5) is 2.55. The molecule has 0 amide bonds. The van der Waals surface area contributed by atoms with E-state index in [-0.39, 0.29) is 5.41 Å². The maximum absolute atomic E-state index is 7.11. The van der Waals surface area contributed by atoms with Gasteiger partial charge in [-0.15, -0.1) is 11.3 Å². The molecule has 0 spiro atoms. The van der Waals surface area contributed by atoms with Crippen LogP contribution in [-0.4, -0.2) is 0 Å². The van der Waals surface area contributed by atoms with Crippen LogP contribution in [0, 0.1) is 0 Å². The molecule has 0 saturated carbocycles. The maximum Gasteiger partial charge on any atom is 0.141 e. The van der Waals surface area contributed by atoms with Crippen LogP contribution in [0.5, 0.6) is 0 Å². The Labute approximate surface area is 329 Å². The highest BCUT2D eigenvalue weighted by molar-refractivity contribution is 7.26. The number of hydrogen-bond acceptors (Lipinski definition) is 3. The third-order valence-electron chi connectivity index (χ3n) is 12.9. The number of anilines is 3. The second-order valence-corrected chi connectivity index (χ2v) is 17.2. The monoisotopic (exact) mass is 735 g/mol. The Morgan fingerprint density at radius 3 is 1.84 bits per heavy atom. The fourth-order valence-corrected chi connectivity index (χ4v) is 11.5. The fourth-order valence-electron chi connectivity index (χ4n) is 10.3. The first-order chi connectivity index (χ1) is 27.4. The summed E-state index contributed by atoms with van der Waals surface area (Å²) in [6.45, 7) is 7.17. The number of furan rings is 1. The lowest BCUT2D eigenvalue weighted by molar-refractivity contribution is 0.638. The lowest BCUT2D eigenvalue weighted by atomic mass is 9.72. The predicted molar refractivity (Wildman–Crippen MR) is 236 cm³/mol. The van der Waals surface area contributed by atoms with Crippen LogP contribution in [0.15, 0.2) is 174 Å². The zero-order chi connectivity index (χ0) is 37.3. The molecule has 56 heavy (non-hydrogen) atoms. The molecule has 0 fully saturated rings. The zero-order valence-electron chi connectivity index (χ0n) is 31.4. The van der Waals surface area contributed by atoms with Gasteiger partial charge >= 0.3 is 0 Å². The van der Waals surface area contributed by atoms with E-state index in [1.54, 1.807) is 0 Å². The molecule has 0 aliphatic heterocycles. The van der Waals surface area contributed by atoms with Gasteiger partial charge in [0.05, 0.1) is 16.1 Å². The van der Waals surface area contributed by atoms with Gasteiger partial charge < -0.3 is 9.32 Å². The summed E-state index contributed by atoms with van der Waals surface area (Å²) >= 11 is 1.88. The van der Waals surface area contributed by atoms with Crippen LogP contribution in [0.3, 0.4) is 0 Å². The van der Waals surface area contributed by atoms with Crippen LogP contribution >= 0.6 is 11.3 Å². The number of hydrogen-bond donors (Lipinski definition) is 0. The number of nitrogens with zero attached hydrogens (tertiary/aromatic N) is 1. The Balaban J connectivity index is 1.23. The summed E-state index contributed by atoms with van der Waals surface area (Å²) < 4.78 is 9.67. The molecule has 12 rings (SSSR count). The van der Waals surface area contributed by atoms with Crippen LogP contribution in [-0.2, 0) is 10.8 Å². The highest BCUT2D eigenvalue weighted by Gasteiger charge is 2.45. The van der Waals surface area contributed by atoms with Gasteiger partial charge in [0.25, 0.3) is 0 Å². The van der Waals surface area contributed by atoms with E-state index in [0.29, 0.717) is 0 Å². The lowest BCUT2D eigenvalue weighted by Gasteiger charge is -2.36. The summed E-state index contributed by atoms with van der Waals surface area (Å²) in [6, 6.07) is 62.8. The second kappa shape index (κ2) is 11.3. The van der Waals surface area contributed by atoms with Crippen LogP contribution in [0.4, 0.5) is 17.1 Å². The van der Waals surface area contributed by atoms with Crippen LogP contribution < -0.4 is 4.90 Å². The highest BCUT2D eigenvalue weighted by Crippen LogP contribution is 2.59. The minimum absolute atomic E-state index is 0.155. The standard InChI is InChI=1S/C53H37NOS/c1-52(2)41-21-9-4-15-33(41)36-28-27-32(31-44(36)52)54(46-24-14-20-40-38-19-8-13-26-48(38)56-51(40)46)45-30-29-39-37-18-7-12-25-47(37)55-50(39)49(45)53(3)42-22-10-5-16-34(42)35-17-6-11-23-43(35)53/h4-31H,1-3H3. The van der Waals surface area contributed by atoms with E-state index in [1.165, 1.54) is 70.2 Å². The quantitative estimate of drug-likeness (QED) is 0.179. The van der Waals surface area contributed by atoms with Crippen molar-refractivity contribution in [3.05, 3.63) is 198 Å². The minimum Gasteiger partial charge on any atom is -0.456 e. The van der Waals surface area contributed by atoms with Crippen molar-refractivity contribution in [2.75, 3.05) is 4.90 Å². The number of thiophene rings is 1. The molecule has 0 bridgehead atoms. The van der Waals surface area contributed by atoms with Crippen molar-refractivity contribution in [1.29, 1.82) is 0 Å². The van der Waals surface area contributed by atoms with Crippen molar-refractivity contribution in [1.82, 2.24) is 0 Å². The lowest BCUT2D eigenvalue weighted by Crippen LogP contribution is -2.26. The van der Waals surface area contributed by atoms with E-state index >= 15 is 0 Å². The normalized spacial score (nSPS) is 14.6. The molecule has 266 valence electrons. The Kier molecular flexibility index (Phi) is 6.44. The third kappa shape index (κ3) is 4.11. The molecular weight excluding hydrogens is 699 g/mol. The van der Waals surface area contributed by atoms with Crippen molar-refractivity contribution in [3.63, 3.8) is 0 Å². The largest absolute Gasteiger partial charge is 0.456 e. The topological polar surface area (TPSA) is 16.4 Å². The number of benzene rings is 8. The third-order valence-corrected chi connectivity index (χ3v) is 14.1. The fraction of sp³-hybridized carbons (Fsp3) is 0.0943. The van der Waals surface area contributed by atoms with Crippen molar-refractivity contribution in [3.8, 4) is 22.3 Å². The van der Waals surface area contributed by atoms with Gasteiger partial charge in [-0.3, -0.25) is 0 Å². The smallest absolute Gasteiger partial charge is 0.141 e. The highest BCUT2D eigenvalue weighted by atomic mass is 32.1. The molecular formula is C53H37NOS. The molecule has 2 nitrogen and oxygen atoms in total. The van der Waals surface area contributed by atoms with Crippen LogP contribution in [0.25, 0.3) is 64.4 Å². The average Bonchev–Trinajstić information content (AvgIpc) is 3.95. The number of rotatable bonds is 4. The van der Waals surface area contributed by atoms with Crippen LogP contribution in [0.2, 0.25) is 0 Å². The molecule has 8 aromatic carbocycles. The van der Waals surface area contributed by atoms with E-state index < -0.39 is 5.41 Å². The number of fused-ring (bicyclic) bond motifs is 12. The zero-order valence-corrected chi connectivity index (χ0v) is 32.2. The Hall–Kier alpha value is -6.42. The minimum atomic E-state index is -0.533. The van der Waals surface area contributed by atoms with Gasteiger partial charge in [0.2, 0.25) is 0 Å². The number of para-hydroxylation sites is 1. The molecule has 2 aliphatic carbocycles. The second-order valence-electron chi connectivity index (χ2n) is 16.1.